The zero-order valence-electron chi connectivity index (χ0n) is 66.8. The molecule has 0 amide bonds. The fourth-order valence-corrected chi connectivity index (χ4v) is 12.6. The molecule has 0 saturated heterocycles. The first-order valence-electron chi connectivity index (χ1n) is 41.8. The molecule has 5 atom stereocenters. The number of aliphatic hydroxyl groups is 1. The van der Waals surface area contributed by atoms with Gasteiger partial charge in [-0.25, -0.2) is 9.13 Å². The number of carbonyl (C=O) groups is 4. The summed E-state index contributed by atoms with van der Waals surface area (Å²) in [6.45, 7) is 4.67. The summed E-state index contributed by atoms with van der Waals surface area (Å²) in [5.41, 5.74) is 0. The van der Waals surface area contributed by atoms with Gasteiger partial charge in [-0.3, -0.25) is 37.3 Å². The van der Waals surface area contributed by atoms with Gasteiger partial charge in [-0.05, 0) is 161 Å². The van der Waals surface area contributed by atoms with Crippen LogP contribution in [0.25, 0.3) is 0 Å². The first-order valence-corrected chi connectivity index (χ1v) is 44.8. The Kier molecular flexibility index (Phi) is 75.2. The van der Waals surface area contributed by atoms with E-state index in [1.807, 2.05) is 0 Å². The third-order valence-electron chi connectivity index (χ3n) is 17.4. The maximum absolute atomic E-state index is 13.1. The summed E-state index contributed by atoms with van der Waals surface area (Å²) in [4.78, 5) is 73.2. The second kappa shape index (κ2) is 78.6. The highest BCUT2D eigenvalue weighted by Crippen LogP contribution is 2.45. The lowest BCUT2D eigenvalue weighted by Crippen LogP contribution is -2.30. The molecule has 0 radical (unpaired) electrons. The van der Waals surface area contributed by atoms with Crippen molar-refractivity contribution in [3.05, 3.63) is 122 Å². The number of phosphoric ester groups is 2. The van der Waals surface area contributed by atoms with E-state index in [4.69, 9.17) is 37.0 Å². The Hall–Kier alpha value is -4.54. The average Bonchev–Trinajstić information content (AvgIpc) is 0.928. The Balaban J connectivity index is 5.40. The highest BCUT2D eigenvalue weighted by Gasteiger charge is 2.30. The van der Waals surface area contributed by atoms with E-state index in [0.717, 1.165) is 193 Å². The summed E-state index contributed by atoms with van der Waals surface area (Å²) >= 11 is 0. The summed E-state index contributed by atoms with van der Waals surface area (Å²) < 4.78 is 68.7. The fraction of sp³-hybridized carbons (Fsp3) is 0.724. The van der Waals surface area contributed by atoms with Crippen molar-refractivity contribution in [2.45, 2.75) is 367 Å². The Bertz CT molecular complexity index is 2480. The van der Waals surface area contributed by atoms with E-state index < -0.39 is 97.5 Å². The average molecular weight is 1530 g/mol. The lowest BCUT2D eigenvalue weighted by Gasteiger charge is -2.21. The van der Waals surface area contributed by atoms with Gasteiger partial charge in [0, 0.05) is 25.7 Å². The molecule has 0 aromatic rings. The second-order valence-corrected chi connectivity index (χ2v) is 30.6. The molecular formula is C87H150O17P2. The molecule has 0 aromatic carbocycles. The number of hydrogen-bond acceptors (Lipinski definition) is 15. The van der Waals surface area contributed by atoms with Gasteiger partial charge in [0.15, 0.2) is 12.2 Å². The molecule has 19 heteroatoms. The van der Waals surface area contributed by atoms with Gasteiger partial charge in [-0.15, -0.1) is 0 Å². The van der Waals surface area contributed by atoms with Crippen molar-refractivity contribution in [2.24, 2.45) is 0 Å². The third kappa shape index (κ3) is 77.6. The minimum Gasteiger partial charge on any atom is -0.462 e. The van der Waals surface area contributed by atoms with Gasteiger partial charge in [0.1, 0.15) is 19.3 Å². The minimum absolute atomic E-state index is 0.0740. The summed E-state index contributed by atoms with van der Waals surface area (Å²) in [5.74, 6) is -2.23. The molecule has 0 bridgehead atoms. The molecule has 3 N–H and O–H groups in total. The number of rotatable bonds is 78. The van der Waals surface area contributed by atoms with Crippen LogP contribution in [0.4, 0.5) is 0 Å². The second-order valence-electron chi connectivity index (χ2n) is 27.7. The van der Waals surface area contributed by atoms with Crippen LogP contribution in [-0.4, -0.2) is 96.7 Å². The Morgan fingerprint density at radius 3 is 0.783 bits per heavy atom. The van der Waals surface area contributed by atoms with E-state index >= 15 is 0 Å². The number of esters is 4. The Morgan fingerprint density at radius 2 is 0.491 bits per heavy atom. The number of allylic oxidation sites excluding steroid dienone is 20. The highest BCUT2D eigenvalue weighted by atomic mass is 31.2. The van der Waals surface area contributed by atoms with Crippen molar-refractivity contribution in [1.29, 1.82) is 0 Å². The van der Waals surface area contributed by atoms with Crippen molar-refractivity contribution >= 4 is 39.5 Å². The highest BCUT2D eigenvalue weighted by molar-refractivity contribution is 7.47. The molecule has 0 heterocycles. The largest absolute Gasteiger partial charge is 0.472 e. The number of carbonyl (C=O) groups excluding carboxylic acids is 4. The van der Waals surface area contributed by atoms with E-state index in [9.17, 15) is 43.2 Å². The van der Waals surface area contributed by atoms with Crippen LogP contribution in [0.2, 0.25) is 0 Å². The van der Waals surface area contributed by atoms with E-state index in [0.29, 0.717) is 25.7 Å². The zero-order valence-corrected chi connectivity index (χ0v) is 68.6. The van der Waals surface area contributed by atoms with Crippen molar-refractivity contribution in [2.75, 3.05) is 39.6 Å². The maximum atomic E-state index is 13.1. The molecule has 0 aliphatic carbocycles. The zero-order chi connectivity index (χ0) is 77.4. The van der Waals surface area contributed by atoms with E-state index in [1.54, 1.807) is 0 Å². The van der Waals surface area contributed by atoms with Crippen LogP contribution in [0.1, 0.15) is 349 Å². The van der Waals surface area contributed by atoms with Gasteiger partial charge in [0.05, 0.1) is 26.4 Å². The molecule has 0 aliphatic heterocycles. The predicted molar refractivity (Wildman–Crippen MR) is 436 cm³/mol. The van der Waals surface area contributed by atoms with Crippen LogP contribution < -0.4 is 0 Å². The molecule has 610 valence electrons. The van der Waals surface area contributed by atoms with Gasteiger partial charge in [0.25, 0.3) is 0 Å². The van der Waals surface area contributed by atoms with Gasteiger partial charge in [-0.2, -0.15) is 0 Å². The summed E-state index contributed by atoms with van der Waals surface area (Å²) in [5, 5.41) is 10.7. The van der Waals surface area contributed by atoms with Gasteiger partial charge < -0.3 is 33.8 Å². The molecule has 0 saturated carbocycles. The first-order chi connectivity index (χ1) is 51.7. The van der Waals surface area contributed by atoms with Crippen LogP contribution in [0.3, 0.4) is 0 Å². The molecule has 0 fully saturated rings. The molecule has 0 aliphatic rings. The predicted octanol–water partition coefficient (Wildman–Crippen LogP) is 24.7. The van der Waals surface area contributed by atoms with Crippen LogP contribution in [0.5, 0.6) is 0 Å². The Labute approximate surface area is 644 Å². The van der Waals surface area contributed by atoms with Crippen LogP contribution in [0, 0.1) is 0 Å². The van der Waals surface area contributed by atoms with Crippen LogP contribution in [0.15, 0.2) is 122 Å². The smallest absolute Gasteiger partial charge is 0.462 e. The van der Waals surface area contributed by atoms with Crippen molar-refractivity contribution in [3.63, 3.8) is 0 Å². The van der Waals surface area contributed by atoms with E-state index in [-0.39, 0.29) is 25.7 Å². The van der Waals surface area contributed by atoms with Gasteiger partial charge in [-0.1, -0.05) is 284 Å². The van der Waals surface area contributed by atoms with Crippen molar-refractivity contribution in [3.8, 4) is 0 Å². The monoisotopic (exact) mass is 1530 g/mol. The lowest BCUT2D eigenvalue weighted by molar-refractivity contribution is -0.161. The summed E-state index contributed by atoms with van der Waals surface area (Å²) in [7, 11) is -9.98. The number of unbranched alkanes of at least 4 members (excludes halogenated alkanes) is 32. The summed E-state index contributed by atoms with van der Waals surface area (Å²) in [6, 6.07) is 0. The maximum Gasteiger partial charge on any atom is 0.472 e. The van der Waals surface area contributed by atoms with Gasteiger partial charge >= 0.3 is 39.5 Å². The van der Waals surface area contributed by atoms with Crippen molar-refractivity contribution in [1.82, 2.24) is 0 Å². The molecule has 0 aromatic heterocycles. The third-order valence-corrected chi connectivity index (χ3v) is 19.3. The van der Waals surface area contributed by atoms with Crippen LogP contribution in [-0.2, 0) is 65.4 Å². The number of aliphatic hydroxyl groups excluding tert-OH is 1. The molecule has 17 nitrogen and oxygen atoms in total. The number of hydrogen-bond donors (Lipinski definition) is 3. The first kappa shape index (κ1) is 101. The quantitative estimate of drug-likeness (QED) is 0.0169. The lowest BCUT2D eigenvalue weighted by atomic mass is 10.1. The molecule has 0 spiro atoms. The molecule has 106 heavy (non-hydrogen) atoms. The molecule has 5 unspecified atom stereocenters. The number of ether oxygens (including phenoxy) is 4. The SMILES string of the molecule is CC/C=C\C/C=C\C/C=C\C/C=C\CCCCCCC(=O)OCC(COP(=O)(O)OCC(O)COP(=O)(O)OCC(COC(=O)CCCCCCCC/C=C\C/C=C\C/C=C\CCCCC)OC(=O)CCCCCCC/C=C\C/C=C\CCCCC)OC(=O)CCCCCCC/C=C\CCCCCCCC. The molecule has 0 rings (SSSR count). The fourth-order valence-electron chi connectivity index (χ4n) is 11.0. The normalized spacial score (nSPS) is 14.4. The minimum atomic E-state index is -4.99. The number of phosphoric acid groups is 2. The Morgan fingerprint density at radius 1 is 0.274 bits per heavy atom. The van der Waals surface area contributed by atoms with Crippen LogP contribution >= 0.6 is 15.6 Å². The summed E-state index contributed by atoms with van der Waals surface area (Å²) in [6.07, 6.45) is 87.3. The topological polar surface area (TPSA) is 237 Å². The van der Waals surface area contributed by atoms with E-state index in [1.165, 1.54) is 77.0 Å². The van der Waals surface area contributed by atoms with Crippen molar-refractivity contribution < 1.29 is 80.2 Å². The van der Waals surface area contributed by atoms with Gasteiger partial charge in [0.2, 0.25) is 0 Å². The molecular weight excluding hydrogens is 1380 g/mol. The standard InChI is InChI=1S/C87H150O17P2/c1-5-9-13-17-21-25-29-33-37-39-40-42-46-48-52-56-60-64-68-72-85(90)98-78-83(104-87(92)74-70-66-62-58-54-50-44-36-32-28-24-20-16-12-8-4)80-102-106(95,96)100-76-81(88)75-99-105(93,94)101-79-82(103-86(91)73-69-65-61-57-53-49-43-35-31-27-23-19-15-11-7-3)77-97-84(89)71-67-63-59-55-51-47-45-41-38-34-30-26-22-18-14-10-6-2/h10,14,21-22,24-26,28,33-38,40,42-45,47,81-83,88H,5-9,11-13,15-20,23,27,29-32,39,41,46,48-80H2,1-4H3,(H,93,94)(H,95,96)/b14-10-,25-21-,26-22-,28-24-,37-33-,38-34-,42-40-,43-35-,44-36-,47-45-. The van der Waals surface area contributed by atoms with E-state index in [2.05, 4.69) is 149 Å².